The molecule has 2 fully saturated rings. The molecule has 196 valence electrons. The second-order valence-electron chi connectivity index (χ2n) is 8.41. The van der Waals surface area contributed by atoms with Gasteiger partial charge in [-0.05, 0) is 38.1 Å². The molecule has 2 aromatic rings. The summed E-state index contributed by atoms with van der Waals surface area (Å²) in [7, 11) is -7.80. The molecule has 2 heterocycles. The molecule has 2 aromatic carbocycles. The highest BCUT2D eigenvalue weighted by atomic mass is 32.2. The molecule has 0 spiro atoms. The van der Waals surface area contributed by atoms with Crippen LogP contribution in [0, 0.1) is 20.2 Å². The van der Waals surface area contributed by atoms with Crippen molar-refractivity contribution >= 4 is 31.6 Å². The fraction of sp³-hybridized carbons (Fsp3) is 0.400. The van der Waals surface area contributed by atoms with E-state index in [2.05, 4.69) is 0 Å². The molecular formula is C20H22N2O12S2. The highest BCUT2D eigenvalue weighted by Crippen LogP contribution is 2.29. The third-order valence-corrected chi connectivity index (χ3v) is 7.54. The Hall–Kier alpha value is -3.02. The minimum absolute atomic E-state index is 0.0632. The lowest BCUT2D eigenvalue weighted by molar-refractivity contribution is -0.385. The zero-order valence-electron chi connectivity index (χ0n) is 19.1. The summed E-state index contributed by atoms with van der Waals surface area (Å²) in [6.07, 6.45) is 0. The monoisotopic (exact) mass is 546 g/mol. The van der Waals surface area contributed by atoms with Gasteiger partial charge in [0.2, 0.25) is 0 Å². The standard InChI is InChI=1S/2C10H11NO6S/c2*1-10(6-16-10)7-17-18(14,15)9-4-2-8(3-5-9)11(12)13/h2*2-5H,6-7H2,1H3/t2*10-/m11/s1. The van der Waals surface area contributed by atoms with Crippen LogP contribution in [0.25, 0.3) is 0 Å². The van der Waals surface area contributed by atoms with Gasteiger partial charge in [0, 0.05) is 24.3 Å². The predicted molar refractivity (Wildman–Crippen MR) is 121 cm³/mol. The van der Waals surface area contributed by atoms with E-state index in [1.807, 2.05) is 0 Å². The molecule has 0 unspecified atom stereocenters. The first-order valence-electron chi connectivity index (χ1n) is 10.2. The predicted octanol–water partition coefficient (Wildman–Crippen LogP) is 2.18. The molecule has 0 radical (unpaired) electrons. The molecule has 0 saturated carbocycles. The Morgan fingerprint density at radius 2 is 1.00 bits per heavy atom. The van der Waals surface area contributed by atoms with Crippen LogP contribution in [0.15, 0.2) is 58.3 Å². The van der Waals surface area contributed by atoms with Gasteiger partial charge < -0.3 is 9.47 Å². The molecule has 2 aliphatic heterocycles. The lowest BCUT2D eigenvalue weighted by Gasteiger charge is -2.07. The van der Waals surface area contributed by atoms with Gasteiger partial charge in [-0.3, -0.25) is 28.6 Å². The molecule has 2 atom stereocenters. The minimum Gasteiger partial charge on any atom is -0.367 e. The van der Waals surface area contributed by atoms with Crippen LogP contribution < -0.4 is 0 Å². The lowest BCUT2D eigenvalue weighted by atomic mass is 10.2. The van der Waals surface area contributed by atoms with E-state index in [0.717, 1.165) is 48.5 Å². The van der Waals surface area contributed by atoms with Crippen LogP contribution >= 0.6 is 0 Å². The maximum absolute atomic E-state index is 11.7. The summed E-state index contributed by atoms with van der Waals surface area (Å²) < 4.78 is 66.6. The third-order valence-electron chi connectivity index (χ3n) is 4.99. The summed E-state index contributed by atoms with van der Waals surface area (Å²) in [5.41, 5.74) is -1.42. The van der Waals surface area contributed by atoms with E-state index in [1.165, 1.54) is 0 Å². The van der Waals surface area contributed by atoms with Gasteiger partial charge in [-0.2, -0.15) is 16.8 Å². The Morgan fingerprint density at radius 1 is 0.722 bits per heavy atom. The highest BCUT2D eigenvalue weighted by molar-refractivity contribution is 7.87. The van der Waals surface area contributed by atoms with E-state index in [1.54, 1.807) is 13.8 Å². The summed E-state index contributed by atoms with van der Waals surface area (Å²) in [6.45, 7) is 4.26. The molecule has 0 amide bonds. The van der Waals surface area contributed by atoms with Gasteiger partial charge in [-0.1, -0.05) is 0 Å². The van der Waals surface area contributed by atoms with Crippen LogP contribution in [0.5, 0.6) is 0 Å². The Bertz CT molecular complexity index is 1230. The van der Waals surface area contributed by atoms with E-state index >= 15 is 0 Å². The van der Waals surface area contributed by atoms with Crippen molar-refractivity contribution < 1.29 is 44.5 Å². The van der Waals surface area contributed by atoms with Crippen LogP contribution in [-0.4, -0.2) is 64.3 Å². The zero-order chi connectivity index (χ0) is 26.8. The minimum atomic E-state index is -3.90. The molecule has 16 heteroatoms. The topological polar surface area (TPSA) is 198 Å². The molecule has 0 bridgehead atoms. The second kappa shape index (κ2) is 10.2. The maximum atomic E-state index is 11.7. The van der Waals surface area contributed by atoms with Gasteiger partial charge in [0.1, 0.15) is 11.2 Å². The smallest absolute Gasteiger partial charge is 0.297 e. The number of non-ortho nitro benzene ring substituents is 2. The number of nitro benzene ring substituents is 2. The van der Waals surface area contributed by atoms with E-state index < -0.39 is 41.3 Å². The zero-order valence-corrected chi connectivity index (χ0v) is 20.7. The van der Waals surface area contributed by atoms with Gasteiger partial charge in [-0.15, -0.1) is 0 Å². The van der Waals surface area contributed by atoms with Crippen molar-refractivity contribution in [2.24, 2.45) is 0 Å². The Kier molecular flexibility index (Phi) is 7.77. The van der Waals surface area contributed by atoms with Crippen molar-refractivity contribution in [1.82, 2.24) is 0 Å². The normalized spacial score (nSPS) is 22.7. The van der Waals surface area contributed by atoms with E-state index in [9.17, 15) is 37.1 Å². The Labute approximate surface area is 206 Å². The van der Waals surface area contributed by atoms with Crippen molar-refractivity contribution in [2.45, 2.75) is 34.8 Å². The van der Waals surface area contributed by atoms with Crippen molar-refractivity contribution in [1.29, 1.82) is 0 Å². The van der Waals surface area contributed by atoms with Crippen LogP contribution in [0.4, 0.5) is 11.4 Å². The SMILES string of the molecule is C[C@]1(COS(=O)(=O)c2ccc([N+](=O)[O-])cc2)CO1.C[C@]1(COS(=O)(=O)c2ccc([N+](=O)[O-])cc2)CO1. The number of epoxide rings is 2. The van der Waals surface area contributed by atoms with Crippen molar-refractivity contribution in [3.63, 3.8) is 0 Å². The van der Waals surface area contributed by atoms with Gasteiger partial charge >= 0.3 is 0 Å². The first kappa shape index (κ1) is 27.6. The average Bonchev–Trinajstić information content (AvgIpc) is 3.76. The molecular weight excluding hydrogens is 524 g/mol. The Morgan fingerprint density at radius 3 is 1.22 bits per heavy atom. The van der Waals surface area contributed by atoms with Gasteiger partial charge in [0.15, 0.2) is 0 Å². The largest absolute Gasteiger partial charge is 0.367 e. The Balaban J connectivity index is 0.000000201. The highest BCUT2D eigenvalue weighted by Gasteiger charge is 2.42. The van der Waals surface area contributed by atoms with Crippen LogP contribution in [0.1, 0.15) is 13.8 Å². The molecule has 0 aliphatic carbocycles. The number of benzene rings is 2. The van der Waals surface area contributed by atoms with Gasteiger partial charge in [0.25, 0.3) is 31.6 Å². The molecule has 14 nitrogen and oxygen atoms in total. The average molecular weight is 547 g/mol. The molecule has 0 aromatic heterocycles. The molecule has 2 saturated heterocycles. The summed E-state index contributed by atoms with van der Waals surface area (Å²) in [4.78, 5) is 19.4. The maximum Gasteiger partial charge on any atom is 0.297 e. The van der Waals surface area contributed by atoms with Crippen molar-refractivity contribution in [2.75, 3.05) is 26.4 Å². The molecule has 4 rings (SSSR count). The first-order chi connectivity index (χ1) is 16.6. The van der Waals surface area contributed by atoms with Crippen LogP contribution in [0.2, 0.25) is 0 Å². The van der Waals surface area contributed by atoms with E-state index in [4.69, 9.17) is 17.8 Å². The lowest BCUT2D eigenvalue weighted by Crippen LogP contribution is -2.18. The quantitative estimate of drug-likeness (QED) is 0.182. The summed E-state index contributed by atoms with van der Waals surface area (Å²) in [6, 6.07) is 9.04. The molecule has 0 N–H and O–H groups in total. The van der Waals surface area contributed by atoms with E-state index in [-0.39, 0.29) is 34.4 Å². The molecule has 2 aliphatic rings. The number of nitro groups is 2. The fourth-order valence-electron chi connectivity index (χ4n) is 2.42. The van der Waals surface area contributed by atoms with Crippen LogP contribution in [-0.2, 0) is 38.1 Å². The third kappa shape index (κ3) is 7.49. The van der Waals surface area contributed by atoms with Crippen molar-refractivity contribution in [3.8, 4) is 0 Å². The number of ether oxygens (including phenoxy) is 2. The summed E-state index contributed by atoms with van der Waals surface area (Å²) in [5, 5.41) is 20.9. The van der Waals surface area contributed by atoms with Crippen LogP contribution in [0.3, 0.4) is 0 Å². The van der Waals surface area contributed by atoms with Gasteiger partial charge in [-0.25, -0.2) is 0 Å². The molecule has 36 heavy (non-hydrogen) atoms. The fourth-order valence-corrected chi connectivity index (χ4v) is 4.44. The number of hydrogen-bond acceptors (Lipinski definition) is 12. The number of rotatable bonds is 10. The van der Waals surface area contributed by atoms with Gasteiger partial charge in [0.05, 0.1) is 46.1 Å². The summed E-state index contributed by atoms with van der Waals surface area (Å²) in [5.74, 6) is 0. The number of hydrogen-bond donors (Lipinski definition) is 0. The van der Waals surface area contributed by atoms with Crippen molar-refractivity contribution in [3.05, 3.63) is 68.8 Å². The second-order valence-corrected chi connectivity index (χ2v) is 11.6. The van der Waals surface area contributed by atoms with E-state index in [0.29, 0.717) is 13.2 Å². The summed E-state index contributed by atoms with van der Waals surface area (Å²) >= 11 is 0. The number of nitrogens with zero attached hydrogens (tertiary/aromatic N) is 2. The first-order valence-corrected chi connectivity index (χ1v) is 13.0.